The van der Waals surface area contributed by atoms with Gasteiger partial charge in [0.2, 0.25) is 0 Å². The van der Waals surface area contributed by atoms with E-state index in [0.29, 0.717) is 0 Å². The zero-order valence-electron chi connectivity index (χ0n) is 21.4. The summed E-state index contributed by atoms with van der Waals surface area (Å²) in [5.41, 5.74) is 0. The minimum absolute atomic E-state index is 0.191. The van der Waals surface area contributed by atoms with E-state index in [1.165, 1.54) is 116 Å². The molecule has 0 spiro atoms. The van der Waals surface area contributed by atoms with Crippen LogP contribution in [0.4, 0.5) is 0 Å². The first-order chi connectivity index (χ1) is 15.2. The first-order valence-corrected chi connectivity index (χ1v) is 15.3. The van der Waals surface area contributed by atoms with Crippen molar-refractivity contribution in [1.29, 1.82) is 0 Å². The molecule has 0 aliphatic carbocycles. The fourth-order valence-corrected chi connectivity index (χ4v) is 5.26. The van der Waals surface area contributed by atoms with Crippen molar-refractivity contribution in [2.24, 2.45) is 0 Å². The van der Waals surface area contributed by atoms with E-state index in [2.05, 4.69) is 13.8 Å². The standard InChI is InChI=1S/C28H58O2S/c1-3-5-7-9-11-13-15-17-19-21-23-27(29)25-31-26-28(30)24-22-20-18-16-14-12-10-8-6-4-2/h27-30H,3-26H2,1-2H3. The van der Waals surface area contributed by atoms with E-state index in [0.717, 1.165) is 37.2 Å². The zero-order chi connectivity index (χ0) is 22.8. The minimum atomic E-state index is -0.191. The fourth-order valence-electron chi connectivity index (χ4n) is 4.24. The molecular weight excluding hydrogens is 400 g/mol. The van der Waals surface area contributed by atoms with E-state index in [9.17, 15) is 10.2 Å². The Bertz CT molecular complexity index is 294. The van der Waals surface area contributed by atoms with Gasteiger partial charge in [0.15, 0.2) is 0 Å². The monoisotopic (exact) mass is 458 g/mol. The van der Waals surface area contributed by atoms with Crippen LogP contribution in [-0.2, 0) is 0 Å². The van der Waals surface area contributed by atoms with Crippen LogP contribution in [0.15, 0.2) is 0 Å². The van der Waals surface area contributed by atoms with Crippen LogP contribution in [0, 0.1) is 0 Å². The minimum Gasteiger partial charge on any atom is -0.392 e. The van der Waals surface area contributed by atoms with E-state index in [4.69, 9.17) is 0 Å². The van der Waals surface area contributed by atoms with Crippen LogP contribution < -0.4 is 0 Å². The number of unbranched alkanes of at least 4 members (excludes halogenated alkanes) is 18. The van der Waals surface area contributed by atoms with Crippen molar-refractivity contribution >= 4 is 11.8 Å². The molecule has 31 heavy (non-hydrogen) atoms. The van der Waals surface area contributed by atoms with Crippen LogP contribution in [0.25, 0.3) is 0 Å². The number of aliphatic hydroxyl groups excluding tert-OH is 2. The summed E-state index contributed by atoms with van der Waals surface area (Å²) in [6.45, 7) is 4.54. The highest BCUT2D eigenvalue weighted by Crippen LogP contribution is 2.16. The lowest BCUT2D eigenvalue weighted by Crippen LogP contribution is -2.14. The quantitative estimate of drug-likeness (QED) is 0.127. The molecule has 0 bridgehead atoms. The summed E-state index contributed by atoms with van der Waals surface area (Å²) in [6.07, 6.45) is 28.4. The molecule has 0 heterocycles. The van der Waals surface area contributed by atoms with Gasteiger partial charge in [-0.3, -0.25) is 0 Å². The molecule has 0 aromatic heterocycles. The van der Waals surface area contributed by atoms with Gasteiger partial charge in [0.25, 0.3) is 0 Å². The van der Waals surface area contributed by atoms with Crippen molar-refractivity contribution in [2.75, 3.05) is 11.5 Å². The predicted molar refractivity (Wildman–Crippen MR) is 142 cm³/mol. The molecule has 2 atom stereocenters. The van der Waals surface area contributed by atoms with E-state index in [-0.39, 0.29) is 12.2 Å². The Labute approximate surface area is 200 Å². The van der Waals surface area contributed by atoms with Gasteiger partial charge in [0.1, 0.15) is 0 Å². The largest absolute Gasteiger partial charge is 0.392 e. The Morgan fingerprint density at radius 1 is 0.419 bits per heavy atom. The number of hydrogen-bond donors (Lipinski definition) is 2. The molecule has 2 unspecified atom stereocenters. The van der Waals surface area contributed by atoms with E-state index in [1.807, 2.05) is 0 Å². The molecule has 0 rings (SSSR count). The van der Waals surface area contributed by atoms with Gasteiger partial charge in [-0.05, 0) is 12.8 Å². The topological polar surface area (TPSA) is 40.5 Å². The van der Waals surface area contributed by atoms with Crippen molar-refractivity contribution in [3.05, 3.63) is 0 Å². The van der Waals surface area contributed by atoms with Gasteiger partial charge in [0.05, 0.1) is 12.2 Å². The average molecular weight is 459 g/mol. The van der Waals surface area contributed by atoms with Crippen LogP contribution in [0.1, 0.15) is 155 Å². The van der Waals surface area contributed by atoms with Gasteiger partial charge in [-0.15, -0.1) is 0 Å². The second-order valence-corrected chi connectivity index (χ2v) is 10.9. The SMILES string of the molecule is CCCCCCCCCCCCC(O)CSCC(O)CCCCCCCCCCCC. The molecule has 0 radical (unpaired) electrons. The van der Waals surface area contributed by atoms with E-state index in [1.54, 1.807) is 11.8 Å². The summed E-state index contributed by atoms with van der Waals surface area (Å²) in [5, 5.41) is 20.3. The second-order valence-electron chi connectivity index (χ2n) is 9.79. The van der Waals surface area contributed by atoms with Gasteiger partial charge in [-0.2, -0.15) is 11.8 Å². The van der Waals surface area contributed by atoms with E-state index >= 15 is 0 Å². The molecule has 2 nitrogen and oxygen atoms in total. The molecule has 2 N–H and O–H groups in total. The Hall–Kier alpha value is 0.270. The van der Waals surface area contributed by atoms with Crippen LogP contribution in [0.2, 0.25) is 0 Å². The third-order valence-electron chi connectivity index (χ3n) is 6.40. The zero-order valence-corrected chi connectivity index (χ0v) is 22.2. The lowest BCUT2D eigenvalue weighted by atomic mass is 10.0. The summed E-state index contributed by atoms with van der Waals surface area (Å²) in [6, 6.07) is 0. The summed E-state index contributed by atoms with van der Waals surface area (Å²) >= 11 is 1.73. The number of rotatable bonds is 26. The molecule has 0 aliphatic heterocycles. The van der Waals surface area contributed by atoms with E-state index < -0.39 is 0 Å². The highest BCUT2D eigenvalue weighted by Gasteiger charge is 2.08. The Morgan fingerprint density at radius 3 is 0.968 bits per heavy atom. The molecule has 0 saturated heterocycles. The van der Waals surface area contributed by atoms with Crippen molar-refractivity contribution in [2.45, 2.75) is 167 Å². The van der Waals surface area contributed by atoms with Gasteiger partial charge >= 0.3 is 0 Å². The van der Waals surface area contributed by atoms with Crippen LogP contribution >= 0.6 is 11.8 Å². The molecule has 0 fully saturated rings. The van der Waals surface area contributed by atoms with Gasteiger partial charge in [-0.25, -0.2) is 0 Å². The lowest BCUT2D eigenvalue weighted by Gasteiger charge is -2.13. The Morgan fingerprint density at radius 2 is 0.677 bits per heavy atom. The average Bonchev–Trinajstić information content (AvgIpc) is 2.76. The predicted octanol–water partition coefficient (Wildman–Crippen LogP) is 9.06. The van der Waals surface area contributed by atoms with Gasteiger partial charge in [0, 0.05) is 11.5 Å². The summed E-state index contributed by atoms with van der Waals surface area (Å²) in [5.74, 6) is 1.57. The summed E-state index contributed by atoms with van der Waals surface area (Å²) < 4.78 is 0. The molecule has 0 saturated carbocycles. The first-order valence-electron chi connectivity index (χ1n) is 14.1. The fraction of sp³-hybridized carbons (Fsp3) is 1.00. The lowest BCUT2D eigenvalue weighted by molar-refractivity contribution is 0.179. The Kier molecular flexibility index (Phi) is 26.8. The van der Waals surface area contributed by atoms with Crippen LogP contribution in [0.3, 0.4) is 0 Å². The number of thioether (sulfide) groups is 1. The molecule has 0 aromatic carbocycles. The third-order valence-corrected chi connectivity index (χ3v) is 7.64. The maximum absolute atomic E-state index is 10.1. The molecule has 0 aliphatic rings. The number of hydrogen-bond acceptors (Lipinski definition) is 3. The molecule has 0 aromatic rings. The van der Waals surface area contributed by atoms with Crippen molar-refractivity contribution in [3.8, 4) is 0 Å². The van der Waals surface area contributed by atoms with Crippen LogP contribution in [-0.4, -0.2) is 33.9 Å². The normalized spacial score (nSPS) is 13.5. The first kappa shape index (κ1) is 31.3. The molecule has 188 valence electrons. The molecular formula is C28H58O2S. The second kappa shape index (κ2) is 26.5. The highest BCUT2D eigenvalue weighted by atomic mass is 32.2. The van der Waals surface area contributed by atoms with Gasteiger partial charge < -0.3 is 10.2 Å². The molecule has 0 amide bonds. The molecule has 3 heteroatoms. The van der Waals surface area contributed by atoms with Crippen LogP contribution in [0.5, 0.6) is 0 Å². The highest BCUT2D eigenvalue weighted by molar-refractivity contribution is 7.99. The summed E-state index contributed by atoms with van der Waals surface area (Å²) in [4.78, 5) is 0. The summed E-state index contributed by atoms with van der Waals surface area (Å²) in [7, 11) is 0. The number of aliphatic hydroxyl groups is 2. The maximum Gasteiger partial charge on any atom is 0.0630 e. The van der Waals surface area contributed by atoms with Crippen molar-refractivity contribution in [1.82, 2.24) is 0 Å². The van der Waals surface area contributed by atoms with Crippen molar-refractivity contribution in [3.63, 3.8) is 0 Å². The Balaban J connectivity index is 3.28. The smallest absolute Gasteiger partial charge is 0.0630 e. The van der Waals surface area contributed by atoms with Gasteiger partial charge in [-0.1, -0.05) is 142 Å². The van der Waals surface area contributed by atoms with Crippen molar-refractivity contribution < 1.29 is 10.2 Å². The third kappa shape index (κ3) is 26.4. The maximum atomic E-state index is 10.1.